The highest BCUT2D eigenvalue weighted by Crippen LogP contribution is 2.20. The van der Waals surface area contributed by atoms with Crippen LogP contribution in [0.25, 0.3) is 0 Å². The van der Waals surface area contributed by atoms with Gasteiger partial charge < -0.3 is 0 Å². The zero-order valence-electron chi connectivity index (χ0n) is 8.41. The zero-order chi connectivity index (χ0) is 12.6. The minimum absolute atomic E-state index is 0.0626. The summed E-state index contributed by atoms with van der Waals surface area (Å²) in [7, 11) is -7.92. The van der Waals surface area contributed by atoms with Crippen molar-refractivity contribution < 1.29 is 21.4 Å². The summed E-state index contributed by atoms with van der Waals surface area (Å²) in [5.74, 6) is 0. The first-order valence-corrected chi connectivity index (χ1v) is 7.13. The third kappa shape index (κ3) is 2.49. The molecule has 0 aromatic heterocycles. The number of sulfone groups is 1. The van der Waals surface area contributed by atoms with E-state index in [1.54, 1.807) is 0 Å². The van der Waals surface area contributed by atoms with Gasteiger partial charge in [-0.15, -0.1) is 0 Å². The van der Waals surface area contributed by atoms with Crippen LogP contribution in [-0.4, -0.2) is 21.4 Å². The van der Waals surface area contributed by atoms with Crippen LogP contribution in [0.5, 0.6) is 0 Å². The Hall–Kier alpha value is -1.18. The van der Waals surface area contributed by atoms with Gasteiger partial charge in [0.2, 0.25) is 0 Å². The SMILES string of the molecule is C=CS(=O)(=O)c1ccc(S(=O)(=O)O)c(C)c1. The molecular weight excluding hydrogens is 252 g/mol. The minimum Gasteiger partial charge on any atom is -0.282 e. The first-order chi connectivity index (χ1) is 7.18. The molecule has 0 amide bonds. The van der Waals surface area contributed by atoms with Crippen molar-refractivity contribution in [2.45, 2.75) is 16.7 Å². The largest absolute Gasteiger partial charge is 0.294 e. The van der Waals surface area contributed by atoms with E-state index in [1.165, 1.54) is 13.0 Å². The lowest BCUT2D eigenvalue weighted by Gasteiger charge is -2.04. The lowest BCUT2D eigenvalue weighted by atomic mass is 10.2. The third-order valence-electron chi connectivity index (χ3n) is 1.97. The predicted octanol–water partition coefficient (Wildman–Crippen LogP) is 1.16. The fourth-order valence-electron chi connectivity index (χ4n) is 1.18. The van der Waals surface area contributed by atoms with E-state index in [9.17, 15) is 16.8 Å². The Bertz CT molecular complexity index is 626. The van der Waals surface area contributed by atoms with Crippen molar-refractivity contribution >= 4 is 20.0 Å². The quantitative estimate of drug-likeness (QED) is 0.826. The van der Waals surface area contributed by atoms with Crippen LogP contribution >= 0.6 is 0 Å². The van der Waals surface area contributed by atoms with Crippen LogP contribution in [0.15, 0.2) is 40.0 Å². The molecular formula is C9H10O5S2. The van der Waals surface area contributed by atoms with E-state index < -0.39 is 20.0 Å². The molecule has 7 heteroatoms. The number of hydrogen-bond donors (Lipinski definition) is 1. The standard InChI is InChI=1S/C9H10O5S2/c1-3-15(10,11)8-4-5-9(7(2)6-8)16(12,13)14/h3-6H,1H2,2H3,(H,12,13,14). The number of rotatable bonds is 3. The smallest absolute Gasteiger partial charge is 0.282 e. The van der Waals surface area contributed by atoms with E-state index in [0.717, 1.165) is 17.5 Å². The van der Waals surface area contributed by atoms with Crippen molar-refractivity contribution in [2.75, 3.05) is 0 Å². The van der Waals surface area contributed by atoms with Gasteiger partial charge in [0.25, 0.3) is 10.1 Å². The molecule has 0 saturated heterocycles. The maximum Gasteiger partial charge on any atom is 0.294 e. The Morgan fingerprint density at radius 1 is 1.25 bits per heavy atom. The zero-order valence-corrected chi connectivity index (χ0v) is 10.0. The molecule has 0 aliphatic carbocycles. The van der Waals surface area contributed by atoms with Crippen LogP contribution in [0, 0.1) is 6.92 Å². The van der Waals surface area contributed by atoms with Gasteiger partial charge in [0.15, 0.2) is 9.84 Å². The van der Waals surface area contributed by atoms with E-state index in [2.05, 4.69) is 6.58 Å². The van der Waals surface area contributed by atoms with Crippen LogP contribution in [0.3, 0.4) is 0 Å². The molecule has 0 radical (unpaired) electrons. The molecule has 0 spiro atoms. The molecule has 0 aliphatic heterocycles. The van der Waals surface area contributed by atoms with Gasteiger partial charge in [-0.25, -0.2) is 8.42 Å². The van der Waals surface area contributed by atoms with Gasteiger partial charge >= 0.3 is 0 Å². The average molecular weight is 262 g/mol. The Morgan fingerprint density at radius 2 is 1.81 bits per heavy atom. The molecule has 1 aromatic rings. The van der Waals surface area contributed by atoms with Crippen molar-refractivity contribution in [1.29, 1.82) is 0 Å². The topological polar surface area (TPSA) is 88.5 Å². The van der Waals surface area contributed by atoms with Crippen LogP contribution in [-0.2, 0) is 20.0 Å². The predicted molar refractivity (Wildman–Crippen MR) is 58.4 cm³/mol. The van der Waals surface area contributed by atoms with Crippen LogP contribution in [0.1, 0.15) is 5.56 Å². The monoisotopic (exact) mass is 262 g/mol. The minimum atomic E-state index is -4.32. The highest BCUT2D eigenvalue weighted by Gasteiger charge is 2.16. The number of aryl methyl sites for hydroxylation is 1. The number of hydrogen-bond acceptors (Lipinski definition) is 4. The van der Waals surface area contributed by atoms with Crippen molar-refractivity contribution in [1.82, 2.24) is 0 Å². The molecule has 0 heterocycles. The van der Waals surface area contributed by atoms with Gasteiger partial charge in [-0.3, -0.25) is 4.55 Å². The van der Waals surface area contributed by atoms with Gasteiger partial charge in [-0.1, -0.05) is 6.58 Å². The van der Waals surface area contributed by atoms with Gasteiger partial charge in [-0.05, 0) is 30.7 Å². The third-order valence-corrected chi connectivity index (χ3v) is 4.34. The van der Waals surface area contributed by atoms with Crippen molar-refractivity contribution in [2.24, 2.45) is 0 Å². The first kappa shape index (κ1) is 12.9. The van der Waals surface area contributed by atoms with Gasteiger partial charge in [0, 0.05) is 5.41 Å². The maximum absolute atomic E-state index is 11.4. The van der Waals surface area contributed by atoms with Gasteiger partial charge in [0.05, 0.1) is 9.79 Å². The second-order valence-electron chi connectivity index (χ2n) is 3.11. The molecule has 0 bridgehead atoms. The van der Waals surface area contributed by atoms with E-state index in [-0.39, 0.29) is 15.4 Å². The molecule has 0 saturated carbocycles. The van der Waals surface area contributed by atoms with E-state index >= 15 is 0 Å². The van der Waals surface area contributed by atoms with Crippen LogP contribution < -0.4 is 0 Å². The normalized spacial score (nSPS) is 12.4. The highest BCUT2D eigenvalue weighted by atomic mass is 32.2. The maximum atomic E-state index is 11.4. The second-order valence-corrected chi connectivity index (χ2v) is 6.40. The second kappa shape index (κ2) is 4.00. The van der Waals surface area contributed by atoms with Crippen LogP contribution in [0.4, 0.5) is 0 Å². The summed E-state index contributed by atoms with van der Waals surface area (Å²) in [6.07, 6.45) is 0. The molecule has 1 rings (SSSR count). The Morgan fingerprint density at radius 3 is 2.19 bits per heavy atom. The Kier molecular flexibility index (Phi) is 3.22. The van der Waals surface area contributed by atoms with Crippen molar-refractivity contribution in [3.05, 3.63) is 35.7 Å². The molecule has 0 aliphatic rings. The first-order valence-electron chi connectivity index (χ1n) is 4.14. The average Bonchev–Trinajstić information content (AvgIpc) is 2.15. The molecule has 1 aromatic carbocycles. The molecule has 0 atom stereocenters. The fraction of sp³-hybridized carbons (Fsp3) is 0.111. The summed E-state index contributed by atoms with van der Waals surface area (Å²) in [6.45, 7) is 4.55. The molecule has 0 fully saturated rings. The van der Waals surface area contributed by atoms with Crippen LogP contribution in [0.2, 0.25) is 0 Å². The summed E-state index contributed by atoms with van der Waals surface area (Å²) in [5.41, 5.74) is 0.158. The Labute approximate surface area is 94.1 Å². The van der Waals surface area contributed by atoms with Gasteiger partial charge in [0.1, 0.15) is 0 Å². The summed E-state index contributed by atoms with van der Waals surface area (Å²) in [4.78, 5) is -0.372. The summed E-state index contributed by atoms with van der Waals surface area (Å²) < 4.78 is 53.3. The molecule has 5 nitrogen and oxygen atoms in total. The van der Waals surface area contributed by atoms with Crippen molar-refractivity contribution in [3.8, 4) is 0 Å². The lowest BCUT2D eigenvalue weighted by molar-refractivity contribution is 0.482. The summed E-state index contributed by atoms with van der Waals surface area (Å²) in [5, 5.41) is 0.773. The fourth-order valence-corrected chi connectivity index (χ4v) is 2.68. The van der Waals surface area contributed by atoms with E-state index in [4.69, 9.17) is 4.55 Å². The molecule has 16 heavy (non-hydrogen) atoms. The van der Waals surface area contributed by atoms with Gasteiger partial charge in [-0.2, -0.15) is 8.42 Å². The van der Waals surface area contributed by atoms with Crippen molar-refractivity contribution in [3.63, 3.8) is 0 Å². The lowest BCUT2D eigenvalue weighted by Crippen LogP contribution is -2.03. The number of benzene rings is 1. The molecule has 0 unspecified atom stereocenters. The highest BCUT2D eigenvalue weighted by molar-refractivity contribution is 7.94. The molecule has 1 N–H and O–H groups in total. The summed E-state index contributed by atoms with van der Waals surface area (Å²) >= 11 is 0. The summed E-state index contributed by atoms with van der Waals surface area (Å²) in [6, 6.07) is 3.31. The Balaban J connectivity index is 3.48. The van der Waals surface area contributed by atoms with E-state index in [0.29, 0.717) is 0 Å². The van der Waals surface area contributed by atoms with E-state index in [1.807, 2.05) is 0 Å². The molecule has 88 valence electrons.